The number of rotatable bonds is 9. The number of ether oxygens (including phenoxy) is 1. The number of carbonyl (C=O) groups excluding carboxylic acids is 1. The molecule has 4 heteroatoms. The maximum Gasteiger partial charge on any atom is 0.314 e. The van der Waals surface area contributed by atoms with E-state index in [1.165, 1.54) is 0 Å². The van der Waals surface area contributed by atoms with Crippen molar-refractivity contribution in [1.82, 2.24) is 4.90 Å². The molecule has 1 aromatic heterocycles. The molecule has 3 nitrogen and oxygen atoms in total. The molecular weight excluding hydrogens is 270 g/mol. The lowest BCUT2D eigenvalue weighted by molar-refractivity contribution is -0.147. The van der Waals surface area contributed by atoms with Gasteiger partial charge in [0.05, 0.1) is 5.92 Å². The van der Waals surface area contributed by atoms with Crippen LogP contribution in [0.3, 0.4) is 0 Å². The van der Waals surface area contributed by atoms with E-state index >= 15 is 0 Å². The highest BCUT2D eigenvalue weighted by Crippen LogP contribution is 2.31. The summed E-state index contributed by atoms with van der Waals surface area (Å²) in [5.41, 5.74) is 0. The van der Waals surface area contributed by atoms with E-state index in [2.05, 4.69) is 32.6 Å². The SMILES string of the molecule is CCC(C)C(C(=O)OCCN(CC)CC)c1cccs1. The molecule has 1 rings (SSSR count). The maximum absolute atomic E-state index is 12.4. The molecule has 1 aromatic rings. The highest BCUT2D eigenvalue weighted by molar-refractivity contribution is 7.10. The van der Waals surface area contributed by atoms with Crippen LogP contribution in [0.4, 0.5) is 0 Å². The van der Waals surface area contributed by atoms with Gasteiger partial charge in [-0.25, -0.2) is 0 Å². The Morgan fingerprint density at radius 2 is 2.05 bits per heavy atom. The van der Waals surface area contributed by atoms with E-state index in [1.807, 2.05) is 17.5 Å². The first-order valence-corrected chi connectivity index (χ1v) is 8.44. The number of hydrogen-bond donors (Lipinski definition) is 0. The van der Waals surface area contributed by atoms with Crippen molar-refractivity contribution in [3.63, 3.8) is 0 Å². The zero-order valence-electron chi connectivity index (χ0n) is 13.1. The fourth-order valence-electron chi connectivity index (χ4n) is 2.24. The molecule has 114 valence electrons. The summed E-state index contributed by atoms with van der Waals surface area (Å²) in [6.45, 7) is 11.8. The van der Waals surface area contributed by atoms with Crippen molar-refractivity contribution in [3.8, 4) is 0 Å². The van der Waals surface area contributed by atoms with E-state index in [9.17, 15) is 4.79 Å². The van der Waals surface area contributed by atoms with Gasteiger partial charge < -0.3 is 9.64 Å². The number of carbonyl (C=O) groups is 1. The molecule has 0 aliphatic carbocycles. The summed E-state index contributed by atoms with van der Waals surface area (Å²) in [5, 5.41) is 2.02. The second kappa shape index (κ2) is 9.14. The highest BCUT2D eigenvalue weighted by atomic mass is 32.1. The first kappa shape index (κ1) is 17.2. The van der Waals surface area contributed by atoms with Crippen LogP contribution in [-0.4, -0.2) is 37.1 Å². The topological polar surface area (TPSA) is 29.5 Å². The lowest BCUT2D eigenvalue weighted by atomic mass is 9.90. The quantitative estimate of drug-likeness (QED) is 0.650. The Balaban J connectivity index is 2.57. The van der Waals surface area contributed by atoms with Gasteiger partial charge in [-0.15, -0.1) is 11.3 Å². The second-order valence-corrected chi connectivity index (χ2v) is 6.05. The van der Waals surface area contributed by atoms with Gasteiger partial charge in [0.1, 0.15) is 6.61 Å². The predicted molar refractivity (Wildman–Crippen MR) is 85.3 cm³/mol. The van der Waals surface area contributed by atoms with Crippen LogP contribution in [0.15, 0.2) is 17.5 Å². The molecule has 2 atom stereocenters. The maximum atomic E-state index is 12.4. The third kappa shape index (κ3) is 4.91. The molecule has 0 aromatic carbocycles. The van der Waals surface area contributed by atoms with Crippen LogP contribution in [0, 0.1) is 5.92 Å². The summed E-state index contributed by atoms with van der Waals surface area (Å²) < 4.78 is 5.51. The predicted octanol–water partition coefficient (Wildman–Crippen LogP) is 3.76. The van der Waals surface area contributed by atoms with Crippen molar-refractivity contribution >= 4 is 17.3 Å². The summed E-state index contributed by atoms with van der Waals surface area (Å²) in [5.74, 6) is 0.125. The Labute approximate surface area is 126 Å². The third-order valence-electron chi connectivity index (χ3n) is 3.86. The van der Waals surface area contributed by atoms with Crippen LogP contribution in [0.5, 0.6) is 0 Å². The Hall–Kier alpha value is -0.870. The van der Waals surface area contributed by atoms with Crippen LogP contribution in [0.25, 0.3) is 0 Å². The Bertz CT molecular complexity index is 374. The molecule has 0 spiro atoms. The summed E-state index contributed by atoms with van der Waals surface area (Å²) in [6, 6.07) is 4.03. The summed E-state index contributed by atoms with van der Waals surface area (Å²) in [4.78, 5) is 15.7. The number of likely N-dealkylation sites (N-methyl/N-ethyl adjacent to an activating group) is 1. The minimum atomic E-state index is -0.114. The average molecular weight is 297 g/mol. The Morgan fingerprint density at radius 3 is 2.55 bits per heavy atom. The average Bonchev–Trinajstić information content (AvgIpc) is 2.97. The molecule has 0 aliphatic rings. The van der Waals surface area contributed by atoms with Crippen LogP contribution in [-0.2, 0) is 9.53 Å². The van der Waals surface area contributed by atoms with Gasteiger partial charge in [-0.05, 0) is 30.5 Å². The van der Waals surface area contributed by atoms with Gasteiger partial charge >= 0.3 is 5.97 Å². The molecule has 0 amide bonds. The zero-order valence-corrected chi connectivity index (χ0v) is 13.9. The van der Waals surface area contributed by atoms with Gasteiger partial charge in [0.2, 0.25) is 0 Å². The van der Waals surface area contributed by atoms with Gasteiger partial charge in [-0.2, -0.15) is 0 Å². The zero-order chi connectivity index (χ0) is 15.0. The van der Waals surface area contributed by atoms with Gasteiger partial charge in [0, 0.05) is 11.4 Å². The van der Waals surface area contributed by atoms with Crippen molar-refractivity contribution < 1.29 is 9.53 Å². The van der Waals surface area contributed by atoms with Crippen molar-refractivity contribution in [2.75, 3.05) is 26.2 Å². The molecule has 2 unspecified atom stereocenters. The molecule has 0 saturated heterocycles. The molecule has 0 N–H and O–H groups in total. The second-order valence-electron chi connectivity index (χ2n) is 5.07. The van der Waals surface area contributed by atoms with Crippen molar-refractivity contribution in [2.45, 2.75) is 40.0 Å². The highest BCUT2D eigenvalue weighted by Gasteiger charge is 2.28. The van der Waals surface area contributed by atoms with E-state index in [-0.39, 0.29) is 11.9 Å². The molecule has 0 aliphatic heterocycles. The van der Waals surface area contributed by atoms with Crippen LogP contribution >= 0.6 is 11.3 Å². The number of esters is 1. The van der Waals surface area contributed by atoms with Crippen molar-refractivity contribution in [3.05, 3.63) is 22.4 Å². The van der Waals surface area contributed by atoms with Crippen LogP contribution in [0.1, 0.15) is 44.9 Å². The monoisotopic (exact) mass is 297 g/mol. The van der Waals surface area contributed by atoms with E-state index in [0.717, 1.165) is 30.9 Å². The smallest absolute Gasteiger partial charge is 0.314 e. The molecule has 0 saturated carbocycles. The summed E-state index contributed by atoms with van der Waals surface area (Å²) >= 11 is 1.64. The van der Waals surface area contributed by atoms with Crippen LogP contribution < -0.4 is 0 Å². The Morgan fingerprint density at radius 1 is 1.35 bits per heavy atom. The molecule has 0 radical (unpaired) electrons. The summed E-state index contributed by atoms with van der Waals surface area (Å²) in [7, 11) is 0. The molecule has 1 heterocycles. The fraction of sp³-hybridized carbons (Fsp3) is 0.688. The lowest BCUT2D eigenvalue weighted by Crippen LogP contribution is -2.29. The third-order valence-corrected chi connectivity index (χ3v) is 4.82. The molecule has 0 fully saturated rings. The largest absolute Gasteiger partial charge is 0.464 e. The van der Waals surface area contributed by atoms with Gasteiger partial charge in [0.25, 0.3) is 0 Å². The van der Waals surface area contributed by atoms with Crippen molar-refractivity contribution in [2.24, 2.45) is 5.92 Å². The van der Waals surface area contributed by atoms with Crippen LogP contribution in [0.2, 0.25) is 0 Å². The normalized spacial score (nSPS) is 14.2. The van der Waals surface area contributed by atoms with Crippen molar-refractivity contribution in [1.29, 1.82) is 0 Å². The summed E-state index contributed by atoms with van der Waals surface area (Å²) in [6.07, 6.45) is 0.980. The van der Waals surface area contributed by atoms with Gasteiger partial charge in [0.15, 0.2) is 0 Å². The molecule has 20 heavy (non-hydrogen) atoms. The van der Waals surface area contributed by atoms with Gasteiger partial charge in [-0.1, -0.05) is 40.2 Å². The van der Waals surface area contributed by atoms with E-state index in [1.54, 1.807) is 11.3 Å². The lowest BCUT2D eigenvalue weighted by Gasteiger charge is -2.22. The van der Waals surface area contributed by atoms with E-state index < -0.39 is 0 Å². The Kier molecular flexibility index (Phi) is 7.85. The number of thiophene rings is 1. The minimum absolute atomic E-state index is 0.0750. The minimum Gasteiger partial charge on any atom is -0.464 e. The molecular formula is C16H27NO2S. The van der Waals surface area contributed by atoms with Gasteiger partial charge in [-0.3, -0.25) is 4.79 Å². The first-order chi connectivity index (χ1) is 9.63. The number of hydrogen-bond acceptors (Lipinski definition) is 4. The first-order valence-electron chi connectivity index (χ1n) is 7.56. The standard InChI is InChI=1S/C16H27NO2S/c1-5-13(4)15(14-9-8-12-20-14)16(18)19-11-10-17(6-2)7-3/h8-9,12-13,15H,5-7,10-11H2,1-4H3. The van der Waals surface area contributed by atoms with E-state index in [4.69, 9.17) is 4.74 Å². The fourth-order valence-corrected chi connectivity index (χ4v) is 3.18. The van der Waals surface area contributed by atoms with E-state index in [0.29, 0.717) is 12.5 Å². The number of nitrogens with zero attached hydrogens (tertiary/aromatic N) is 1. The molecule has 0 bridgehead atoms.